The molecule has 4 rings (SSSR count). The molecule has 1 aromatic heterocycles. The molecule has 0 saturated heterocycles. The lowest BCUT2D eigenvalue weighted by molar-refractivity contribution is -0.121. The zero-order valence-corrected chi connectivity index (χ0v) is 15.7. The van der Waals surface area contributed by atoms with E-state index >= 15 is 0 Å². The number of aromatic amines is 1. The van der Waals surface area contributed by atoms with Crippen molar-refractivity contribution in [1.29, 1.82) is 0 Å². The fourth-order valence-electron chi connectivity index (χ4n) is 3.88. The van der Waals surface area contributed by atoms with Crippen LogP contribution in [-0.2, 0) is 24.1 Å². The van der Waals surface area contributed by atoms with Gasteiger partial charge in [-0.2, -0.15) is 0 Å². The number of H-pyrrole nitrogens is 1. The van der Waals surface area contributed by atoms with Crippen LogP contribution in [0.15, 0.2) is 42.5 Å². The number of rotatable bonds is 4. The Labute approximate surface area is 158 Å². The molecule has 4 heteroatoms. The zero-order valence-electron chi connectivity index (χ0n) is 14.9. The smallest absolute Gasteiger partial charge is 0.220 e. The largest absolute Gasteiger partial charge is 0.358 e. The summed E-state index contributed by atoms with van der Waals surface area (Å²) in [5.74, 6) is 0.125. The van der Waals surface area contributed by atoms with Crippen molar-refractivity contribution in [2.24, 2.45) is 0 Å². The van der Waals surface area contributed by atoms with Gasteiger partial charge in [-0.25, -0.2) is 0 Å². The second kappa shape index (κ2) is 7.16. The summed E-state index contributed by atoms with van der Waals surface area (Å²) in [7, 11) is 0. The van der Waals surface area contributed by atoms with E-state index in [0.29, 0.717) is 6.42 Å². The van der Waals surface area contributed by atoms with Crippen LogP contribution in [-0.4, -0.2) is 16.9 Å². The van der Waals surface area contributed by atoms with Crippen LogP contribution in [0.4, 0.5) is 0 Å². The van der Waals surface area contributed by atoms with Crippen LogP contribution < -0.4 is 5.32 Å². The third-order valence-electron chi connectivity index (χ3n) is 5.26. The third kappa shape index (κ3) is 3.63. The quantitative estimate of drug-likeness (QED) is 0.688. The molecular weight excluding hydrogens is 344 g/mol. The number of amides is 1. The summed E-state index contributed by atoms with van der Waals surface area (Å²) in [6, 6.07) is 14.5. The molecule has 1 aliphatic carbocycles. The van der Waals surface area contributed by atoms with E-state index in [4.69, 9.17) is 11.6 Å². The van der Waals surface area contributed by atoms with Gasteiger partial charge in [0, 0.05) is 40.5 Å². The van der Waals surface area contributed by atoms with Gasteiger partial charge in [0.1, 0.15) is 0 Å². The highest BCUT2D eigenvalue weighted by atomic mass is 35.5. The minimum atomic E-state index is 0.125. The minimum Gasteiger partial charge on any atom is -0.358 e. The highest BCUT2D eigenvalue weighted by Gasteiger charge is 2.23. The Morgan fingerprint density at radius 3 is 2.85 bits per heavy atom. The van der Waals surface area contributed by atoms with Crippen molar-refractivity contribution in [2.45, 2.75) is 45.1 Å². The number of carbonyl (C=O) groups excluding carboxylic acids is 1. The lowest BCUT2D eigenvalue weighted by atomic mass is 9.91. The molecule has 1 amide bonds. The Morgan fingerprint density at radius 1 is 1.23 bits per heavy atom. The molecule has 3 aromatic rings. The number of hydrogen-bond acceptors (Lipinski definition) is 1. The Morgan fingerprint density at radius 2 is 2.04 bits per heavy atom. The lowest BCUT2D eigenvalue weighted by Gasteiger charge is -2.23. The summed E-state index contributed by atoms with van der Waals surface area (Å²) in [5.41, 5.74) is 6.34. The van der Waals surface area contributed by atoms with E-state index in [1.54, 1.807) is 0 Å². The first-order chi connectivity index (χ1) is 12.6. The molecule has 1 aliphatic rings. The fourth-order valence-corrected chi connectivity index (χ4v) is 4.00. The van der Waals surface area contributed by atoms with Crippen LogP contribution >= 0.6 is 11.6 Å². The van der Waals surface area contributed by atoms with Gasteiger partial charge in [0.05, 0.1) is 0 Å². The maximum Gasteiger partial charge on any atom is 0.220 e. The third-order valence-corrected chi connectivity index (χ3v) is 5.51. The van der Waals surface area contributed by atoms with Crippen molar-refractivity contribution in [2.75, 3.05) is 0 Å². The van der Waals surface area contributed by atoms with Crippen LogP contribution in [0, 0.1) is 6.92 Å². The first-order valence-electron chi connectivity index (χ1n) is 9.22. The van der Waals surface area contributed by atoms with E-state index in [9.17, 15) is 4.79 Å². The van der Waals surface area contributed by atoms with Gasteiger partial charge in [-0.05, 0) is 61.6 Å². The van der Waals surface area contributed by atoms with Crippen LogP contribution in [0.5, 0.6) is 0 Å². The Bertz CT molecular complexity index is 943. The summed E-state index contributed by atoms with van der Waals surface area (Å²) in [6.07, 6.45) is 4.15. The van der Waals surface area contributed by atoms with Crippen molar-refractivity contribution >= 4 is 28.4 Å². The van der Waals surface area contributed by atoms with Gasteiger partial charge in [-0.3, -0.25) is 4.79 Å². The Kier molecular flexibility index (Phi) is 4.73. The molecule has 0 spiro atoms. The Balaban J connectivity index is 1.37. The van der Waals surface area contributed by atoms with Crippen molar-refractivity contribution < 1.29 is 4.79 Å². The molecule has 0 saturated carbocycles. The van der Waals surface area contributed by atoms with Crippen molar-refractivity contribution in [1.82, 2.24) is 10.3 Å². The number of hydrogen-bond donors (Lipinski definition) is 2. The van der Waals surface area contributed by atoms with Gasteiger partial charge in [-0.15, -0.1) is 0 Å². The number of carbonyl (C=O) groups is 1. The normalized spacial score (nSPS) is 16.5. The van der Waals surface area contributed by atoms with Gasteiger partial charge in [0.25, 0.3) is 0 Å². The minimum absolute atomic E-state index is 0.125. The zero-order chi connectivity index (χ0) is 18.1. The lowest BCUT2D eigenvalue weighted by Crippen LogP contribution is -2.38. The number of halogens is 1. The van der Waals surface area contributed by atoms with Gasteiger partial charge in [-0.1, -0.05) is 35.4 Å². The van der Waals surface area contributed by atoms with Crippen LogP contribution in [0.1, 0.15) is 35.2 Å². The van der Waals surface area contributed by atoms with E-state index in [1.807, 2.05) is 24.3 Å². The molecular formula is C22H23ClN2O. The van der Waals surface area contributed by atoms with Gasteiger partial charge >= 0.3 is 0 Å². The van der Waals surface area contributed by atoms with Gasteiger partial charge in [0.15, 0.2) is 0 Å². The molecule has 0 radical (unpaired) electrons. The fraction of sp³-hybridized carbons (Fsp3) is 0.318. The first kappa shape index (κ1) is 17.2. The molecule has 3 nitrogen and oxygen atoms in total. The number of aromatic nitrogens is 1. The SMILES string of the molecule is Cc1ccc2[nH]c3c(c2c1)CCC(NC(=O)CCc1ccc(Cl)cc1)C3. The predicted octanol–water partition coefficient (Wildman–Crippen LogP) is 4.74. The summed E-state index contributed by atoms with van der Waals surface area (Å²) in [5, 5.41) is 5.28. The van der Waals surface area contributed by atoms with Crippen molar-refractivity contribution in [3.63, 3.8) is 0 Å². The molecule has 1 heterocycles. The first-order valence-corrected chi connectivity index (χ1v) is 9.60. The highest BCUT2D eigenvalue weighted by Crippen LogP contribution is 2.29. The molecule has 134 valence electrons. The maximum absolute atomic E-state index is 12.3. The summed E-state index contributed by atoms with van der Waals surface area (Å²) in [4.78, 5) is 15.9. The predicted molar refractivity (Wildman–Crippen MR) is 107 cm³/mol. The summed E-state index contributed by atoms with van der Waals surface area (Å²) in [6.45, 7) is 2.13. The molecule has 1 unspecified atom stereocenters. The molecule has 2 N–H and O–H groups in total. The van der Waals surface area contributed by atoms with E-state index in [1.165, 1.54) is 27.7 Å². The average molecular weight is 367 g/mol. The van der Waals surface area contributed by atoms with E-state index < -0.39 is 0 Å². The van der Waals surface area contributed by atoms with Crippen LogP contribution in [0.25, 0.3) is 10.9 Å². The van der Waals surface area contributed by atoms with Crippen LogP contribution in [0.3, 0.4) is 0 Å². The van der Waals surface area contributed by atoms with E-state index in [0.717, 1.165) is 36.3 Å². The molecule has 0 bridgehead atoms. The van der Waals surface area contributed by atoms with Gasteiger partial charge in [0.2, 0.25) is 5.91 Å². The van der Waals surface area contributed by atoms with Crippen molar-refractivity contribution in [3.05, 3.63) is 69.9 Å². The summed E-state index contributed by atoms with van der Waals surface area (Å²) < 4.78 is 0. The second-order valence-electron chi connectivity index (χ2n) is 7.26. The highest BCUT2D eigenvalue weighted by molar-refractivity contribution is 6.30. The Hall–Kier alpha value is -2.26. The average Bonchev–Trinajstić information content (AvgIpc) is 2.98. The topological polar surface area (TPSA) is 44.9 Å². The standard InChI is InChI=1S/C22H23ClN2O/c1-14-2-10-20-19(12-14)18-9-8-17(13-21(18)25-20)24-22(26)11-5-15-3-6-16(23)7-4-15/h2-4,6-7,10,12,17,25H,5,8-9,11,13H2,1H3,(H,24,26). The molecule has 1 atom stereocenters. The molecule has 0 aliphatic heterocycles. The number of benzene rings is 2. The second-order valence-corrected chi connectivity index (χ2v) is 7.70. The number of nitrogens with one attached hydrogen (secondary N) is 2. The molecule has 26 heavy (non-hydrogen) atoms. The maximum atomic E-state index is 12.3. The monoisotopic (exact) mass is 366 g/mol. The number of aryl methyl sites for hydroxylation is 3. The van der Waals surface area contributed by atoms with Crippen molar-refractivity contribution in [3.8, 4) is 0 Å². The van der Waals surface area contributed by atoms with E-state index in [-0.39, 0.29) is 11.9 Å². The molecule has 2 aromatic carbocycles. The summed E-state index contributed by atoms with van der Waals surface area (Å²) >= 11 is 5.90. The number of fused-ring (bicyclic) bond motifs is 3. The molecule has 0 fully saturated rings. The van der Waals surface area contributed by atoms with Crippen LogP contribution in [0.2, 0.25) is 5.02 Å². The van der Waals surface area contributed by atoms with Gasteiger partial charge < -0.3 is 10.3 Å². The van der Waals surface area contributed by atoms with E-state index in [2.05, 4.69) is 35.4 Å².